The van der Waals surface area contributed by atoms with Crippen molar-refractivity contribution < 1.29 is 9.57 Å². The number of hydrogen-bond acceptors (Lipinski definition) is 3. The maximum atomic E-state index is 5.86. The first-order valence-corrected chi connectivity index (χ1v) is 4.85. The lowest BCUT2D eigenvalue weighted by atomic mass is 10.1. The fraction of sp³-hybridized carbons (Fsp3) is 0.400. The van der Waals surface area contributed by atoms with E-state index in [1.165, 1.54) is 0 Å². The monoisotopic (exact) mass is 213 g/mol. The quantitative estimate of drug-likeness (QED) is 0.765. The van der Waals surface area contributed by atoms with Crippen LogP contribution in [0.4, 0.5) is 0 Å². The molecule has 0 amide bonds. The summed E-state index contributed by atoms with van der Waals surface area (Å²) in [5.41, 5.74) is 3.99. The highest BCUT2D eigenvalue weighted by Crippen LogP contribution is 2.37. The second-order valence-corrected chi connectivity index (χ2v) is 3.74. The van der Waals surface area contributed by atoms with E-state index in [2.05, 4.69) is 5.48 Å². The molecular weight excluding hydrogens is 202 g/mol. The van der Waals surface area contributed by atoms with Gasteiger partial charge in [0.25, 0.3) is 0 Å². The number of fused-ring (bicyclic) bond motifs is 1. The molecule has 0 aliphatic carbocycles. The van der Waals surface area contributed by atoms with Crippen molar-refractivity contribution in [3.63, 3.8) is 0 Å². The highest BCUT2D eigenvalue weighted by molar-refractivity contribution is 6.30. The zero-order valence-corrected chi connectivity index (χ0v) is 8.84. The van der Waals surface area contributed by atoms with Crippen LogP contribution in [-0.4, -0.2) is 13.2 Å². The first-order chi connectivity index (χ1) is 6.72. The Kier molecular flexibility index (Phi) is 2.63. The van der Waals surface area contributed by atoms with Crippen LogP contribution in [0.2, 0.25) is 5.02 Å². The predicted molar refractivity (Wildman–Crippen MR) is 54.4 cm³/mol. The van der Waals surface area contributed by atoms with Crippen molar-refractivity contribution in [3.8, 4) is 5.75 Å². The van der Waals surface area contributed by atoms with E-state index in [0.29, 0.717) is 5.02 Å². The van der Waals surface area contributed by atoms with Gasteiger partial charge in [0.2, 0.25) is 0 Å². The number of halogens is 1. The number of hydroxylamine groups is 1. The number of nitrogens with one attached hydrogen (secondary N) is 1. The van der Waals surface area contributed by atoms with Gasteiger partial charge in [0.1, 0.15) is 11.9 Å². The number of benzene rings is 1. The summed E-state index contributed by atoms with van der Waals surface area (Å²) in [6.45, 7) is 1.99. The summed E-state index contributed by atoms with van der Waals surface area (Å²) in [5, 5.41) is 0.689. The summed E-state index contributed by atoms with van der Waals surface area (Å²) in [7, 11) is 1.60. The van der Waals surface area contributed by atoms with Crippen LogP contribution in [0.3, 0.4) is 0 Å². The molecule has 3 nitrogen and oxygen atoms in total. The van der Waals surface area contributed by atoms with Gasteiger partial charge in [0.05, 0.1) is 13.2 Å². The van der Waals surface area contributed by atoms with Crippen molar-refractivity contribution in [2.24, 2.45) is 0 Å². The summed E-state index contributed by atoms with van der Waals surface area (Å²) in [6.07, 6.45) is 0.0587. The van der Waals surface area contributed by atoms with Crippen LogP contribution in [0.25, 0.3) is 0 Å². The van der Waals surface area contributed by atoms with Crippen LogP contribution in [0.5, 0.6) is 5.75 Å². The van der Waals surface area contributed by atoms with E-state index in [4.69, 9.17) is 21.2 Å². The highest BCUT2D eigenvalue weighted by Gasteiger charge is 2.31. The third-order valence-electron chi connectivity index (χ3n) is 2.34. The van der Waals surface area contributed by atoms with Crippen LogP contribution in [0.1, 0.15) is 18.5 Å². The van der Waals surface area contributed by atoms with Gasteiger partial charge in [-0.3, -0.25) is 0 Å². The lowest BCUT2D eigenvalue weighted by Crippen LogP contribution is -2.27. The van der Waals surface area contributed by atoms with E-state index in [1.807, 2.05) is 25.1 Å². The molecule has 1 aliphatic rings. The normalized spacial score (nSPS) is 24.5. The molecule has 0 saturated carbocycles. The molecule has 2 atom stereocenters. The Bertz CT molecular complexity index is 343. The minimum absolute atomic E-state index is 0.0587. The third-order valence-corrected chi connectivity index (χ3v) is 2.57. The first-order valence-electron chi connectivity index (χ1n) is 4.47. The molecule has 0 radical (unpaired) electrons. The van der Waals surface area contributed by atoms with Gasteiger partial charge in [0.15, 0.2) is 0 Å². The van der Waals surface area contributed by atoms with Gasteiger partial charge in [-0.25, -0.2) is 0 Å². The molecule has 1 aromatic carbocycles. The Labute approximate surface area is 87.9 Å². The van der Waals surface area contributed by atoms with Crippen molar-refractivity contribution in [1.29, 1.82) is 0 Å². The maximum absolute atomic E-state index is 5.86. The molecule has 0 saturated heterocycles. The Morgan fingerprint density at radius 3 is 3.00 bits per heavy atom. The van der Waals surface area contributed by atoms with Gasteiger partial charge in [-0.1, -0.05) is 17.7 Å². The molecule has 2 unspecified atom stereocenters. The molecule has 1 N–H and O–H groups in total. The summed E-state index contributed by atoms with van der Waals surface area (Å²) in [6, 6.07) is 5.71. The molecule has 4 heteroatoms. The van der Waals surface area contributed by atoms with Crippen LogP contribution in [0, 0.1) is 0 Å². The van der Waals surface area contributed by atoms with Crippen LogP contribution in [-0.2, 0) is 4.84 Å². The average Bonchev–Trinajstić information content (AvgIpc) is 2.43. The molecule has 1 aromatic rings. The molecule has 0 fully saturated rings. The number of hydrogen-bond donors (Lipinski definition) is 1. The third kappa shape index (κ3) is 1.59. The van der Waals surface area contributed by atoms with Crippen molar-refractivity contribution in [3.05, 3.63) is 28.8 Å². The fourth-order valence-electron chi connectivity index (χ4n) is 1.67. The minimum atomic E-state index is 0.0587. The summed E-state index contributed by atoms with van der Waals surface area (Å²) in [4.78, 5) is 4.92. The molecule has 1 aliphatic heterocycles. The SMILES string of the molecule is CONC1c2ccc(Cl)cc2OC1C. The molecule has 0 bridgehead atoms. The summed E-state index contributed by atoms with van der Waals surface area (Å²) >= 11 is 5.86. The van der Waals surface area contributed by atoms with Crippen molar-refractivity contribution in [2.45, 2.75) is 19.1 Å². The number of ether oxygens (including phenoxy) is 1. The van der Waals surface area contributed by atoms with Gasteiger partial charge in [-0.2, -0.15) is 5.48 Å². The lowest BCUT2D eigenvalue weighted by Gasteiger charge is -2.14. The lowest BCUT2D eigenvalue weighted by molar-refractivity contribution is 0.0339. The van der Waals surface area contributed by atoms with Gasteiger partial charge in [-0.15, -0.1) is 0 Å². The fourth-order valence-corrected chi connectivity index (χ4v) is 1.84. The van der Waals surface area contributed by atoms with Gasteiger partial charge < -0.3 is 9.57 Å². The molecule has 2 rings (SSSR count). The van der Waals surface area contributed by atoms with Gasteiger partial charge in [0, 0.05) is 10.6 Å². The van der Waals surface area contributed by atoms with E-state index < -0.39 is 0 Å². The van der Waals surface area contributed by atoms with Crippen molar-refractivity contribution in [2.75, 3.05) is 7.11 Å². The largest absolute Gasteiger partial charge is 0.488 e. The van der Waals surface area contributed by atoms with E-state index in [-0.39, 0.29) is 12.1 Å². The molecule has 76 valence electrons. The van der Waals surface area contributed by atoms with Crippen LogP contribution in [0.15, 0.2) is 18.2 Å². The van der Waals surface area contributed by atoms with E-state index in [1.54, 1.807) is 7.11 Å². The smallest absolute Gasteiger partial charge is 0.126 e. The van der Waals surface area contributed by atoms with Crippen molar-refractivity contribution >= 4 is 11.6 Å². The Balaban J connectivity index is 2.33. The molecule has 0 aromatic heterocycles. The Hall–Kier alpha value is -0.770. The predicted octanol–water partition coefficient (Wildman–Crippen LogP) is 2.31. The zero-order valence-electron chi connectivity index (χ0n) is 8.08. The minimum Gasteiger partial charge on any atom is -0.488 e. The molecule has 0 spiro atoms. The topological polar surface area (TPSA) is 30.5 Å². The molecule has 1 heterocycles. The summed E-state index contributed by atoms with van der Waals surface area (Å²) in [5.74, 6) is 0.833. The van der Waals surface area contributed by atoms with Gasteiger partial charge >= 0.3 is 0 Å². The Morgan fingerprint density at radius 2 is 2.29 bits per heavy atom. The molecule has 14 heavy (non-hydrogen) atoms. The first kappa shape index (κ1) is 9.77. The van der Waals surface area contributed by atoms with E-state index >= 15 is 0 Å². The number of rotatable bonds is 2. The van der Waals surface area contributed by atoms with Crippen LogP contribution >= 0.6 is 11.6 Å². The van der Waals surface area contributed by atoms with E-state index in [0.717, 1.165) is 11.3 Å². The van der Waals surface area contributed by atoms with Gasteiger partial charge in [-0.05, 0) is 19.1 Å². The standard InChI is InChI=1S/C10H12ClNO2/c1-6-10(12-13-2)8-4-3-7(11)5-9(8)14-6/h3-6,10,12H,1-2H3. The molecular formula is C10H12ClNO2. The maximum Gasteiger partial charge on any atom is 0.126 e. The zero-order chi connectivity index (χ0) is 10.1. The van der Waals surface area contributed by atoms with Crippen molar-refractivity contribution in [1.82, 2.24) is 5.48 Å². The second kappa shape index (κ2) is 3.77. The second-order valence-electron chi connectivity index (χ2n) is 3.30. The average molecular weight is 214 g/mol. The van der Waals surface area contributed by atoms with Crippen LogP contribution < -0.4 is 10.2 Å². The summed E-state index contributed by atoms with van der Waals surface area (Å²) < 4.78 is 5.63. The Morgan fingerprint density at radius 1 is 1.50 bits per heavy atom. The highest BCUT2D eigenvalue weighted by atomic mass is 35.5. The van der Waals surface area contributed by atoms with E-state index in [9.17, 15) is 0 Å².